The van der Waals surface area contributed by atoms with Crippen molar-refractivity contribution < 1.29 is 29.0 Å². The van der Waals surface area contributed by atoms with Gasteiger partial charge in [0.25, 0.3) is 5.91 Å². The zero-order valence-electron chi connectivity index (χ0n) is 17.9. The SMILES string of the molecule is CCCOc1ccc(N2C(=O)CC(N(Cc3ccccc3)C(=O)CCC(=O)O)C2=O)cc1. The maximum absolute atomic E-state index is 13.2. The fourth-order valence-electron chi connectivity index (χ4n) is 3.55. The van der Waals surface area contributed by atoms with E-state index in [1.54, 1.807) is 24.3 Å². The molecule has 0 aromatic heterocycles. The van der Waals surface area contributed by atoms with Crippen LogP contribution >= 0.6 is 0 Å². The van der Waals surface area contributed by atoms with Gasteiger partial charge >= 0.3 is 5.97 Å². The fourth-order valence-corrected chi connectivity index (χ4v) is 3.55. The number of amides is 3. The Morgan fingerprint density at radius 1 is 1.06 bits per heavy atom. The van der Waals surface area contributed by atoms with Crippen LogP contribution in [0.5, 0.6) is 5.75 Å². The summed E-state index contributed by atoms with van der Waals surface area (Å²) in [6.45, 7) is 2.67. The summed E-state index contributed by atoms with van der Waals surface area (Å²) in [4.78, 5) is 52.1. The number of aliphatic carboxylic acids is 1. The monoisotopic (exact) mass is 438 g/mol. The lowest BCUT2D eigenvalue weighted by Crippen LogP contribution is -2.45. The minimum atomic E-state index is -1.10. The van der Waals surface area contributed by atoms with Crippen LogP contribution in [0.3, 0.4) is 0 Å². The molecular formula is C24H26N2O6. The maximum Gasteiger partial charge on any atom is 0.303 e. The summed E-state index contributed by atoms with van der Waals surface area (Å²) in [5.74, 6) is -1.85. The Hall–Kier alpha value is -3.68. The summed E-state index contributed by atoms with van der Waals surface area (Å²) in [5, 5.41) is 8.95. The molecule has 2 aromatic rings. The minimum absolute atomic E-state index is 0.112. The van der Waals surface area contributed by atoms with Gasteiger partial charge in [0, 0.05) is 13.0 Å². The summed E-state index contributed by atoms with van der Waals surface area (Å²) in [6.07, 6.45) is 0.115. The Labute approximate surface area is 186 Å². The standard InChI is InChI=1S/C24H26N2O6/c1-2-14-32-19-10-8-18(9-11-19)26-22(28)15-20(24(26)31)25(21(27)12-13-23(29)30)16-17-6-4-3-5-7-17/h3-11,20H,2,12-16H2,1H3,(H,29,30). The first-order chi connectivity index (χ1) is 15.4. The zero-order valence-corrected chi connectivity index (χ0v) is 17.9. The van der Waals surface area contributed by atoms with Crippen LogP contribution < -0.4 is 9.64 Å². The van der Waals surface area contributed by atoms with Crippen molar-refractivity contribution >= 4 is 29.4 Å². The Kier molecular flexibility index (Phi) is 7.59. The molecule has 8 heteroatoms. The third kappa shape index (κ3) is 5.51. The molecule has 3 rings (SSSR count). The van der Waals surface area contributed by atoms with Crippen molar-refractivity contribution in [3.05, 3.63) is 60.2 Å². The van der Waals surface area contributed by atoms with Crippen molar-refractivity contribution in [2.24, 2.45) is 0 Å². The average molecular weight is 438 g/mol. The van der Waals surface area contributed by atoms with Crippen molar-refractivity contribution in [1.29, 1.82) is 0 Å². The Bertz CT molecular complexity index is 974. The lowest BCUT2D eigenvalue weighted by atomic mass is 10.1. The second-order valence-corrected chi connectivity index (χ2v) is 7.53. The van der Waals surface area contributed by atoms with E-state index >= 15 is 0 Å². The summed E-state index contributed by atoms with van der Waals surface area (Å²) < 4.78 is 5.54. The molecule has 1 unspecified atom stereocenters. The van der Waals surface area contributed by atoms with Gasteiger partial charge in [0.05, 0.1) is 25.1 Å². The molecule has 0 bridgehead atoms. The minimum Gasteiger partial charge on any atom is -0.494 e. The molecule has 1 aliphatic rings. The molecule has 1 aliphatic heterocycles. The molecular weight excluding hydrogens is 412 g/mol. The lowest BCUT2D eigenvalue weighted by molar-refractivity contribution is -0.143. The first-order valence-electron chi connectivity index (χ1n) is 10.6. The van der Waals surface area contributed by atoms with Crippen molar-refractivity contribution in [2.45, 2.75) is 45.2 Å². The number of benzene rings is 2. The van der Waals surface area contributed by atoms with Gasteiger partial charge in [-0.2, -0.15) is 0 Å². The number of hydrogen-bond acceptors (Lipinski definition) is 5. The second-order valence-electron chi connectivity index (χ2n) is 7.53. The summed E-state index contributed by atoms with van der Waals surface area (Å²) in [6, 6.07) is 14.7. The number of carbonyl (C=O) groups excluding carboxylic acids is 3. The van der Waals surface area contributed by atoms with E-state index in [1.807, 2.05) is 37.3 Å². The number of nitrogens with zero attached hydrogens (tertiary/aromatic N) is 2. The molecule has 1 saturated heterocycles. The van der Waals surface area contributed by atoms with Gasteiger partial charge in [-0.3, -0.25) is 19.2 Å². The fraction of sp³-hybridized carbons (Fsp3) is 0.333. The molecule has 1 heterocycles. The highest BCUT2D eigenvalue weighted by molar-refractivity contribution is 6.23. The smallest absolute Gasteiger partial charge is 0.303 e. The predicted octanol–water partition coefficient (Wildman–Crippen LogP) is 3.00. The molecule has 1 fully saturated rings. The van der Waals surface area contributed by atoms with Crippen LogP contribution in [-0.4, -0.2) is 46.3 Å². The van der Waals surface area contributed by atoms with Crippen molar-refractivity contribution in [1.82, 2.24) is 4.90 Å². The van der Waals surface area contributed by atoms with Crippen molar-refractivity contribution in [3.63, 3.8) is 0 Å². The van der Waals surface area contributed by atoms with Crippen molar-refractivity contribution in [2.75, 3.05) is 11.5 Å². The van der Waals surface area contributed by atoms with Gasteiger partial charge in [-0.05, 0) is 36.2 Å². The number of carboxylic acid groups (broad SMARTS) is 1. The number of ether oxygens (including phenoxy) is 1. The van der Waals surface area contributed by atoms with E-state index in [2.05, 4.69) is 0 Å². The van der Waals surface area contributed by atoms with E-state index in [0.29, 0.717) is 18.0 Å². The number of carbonyl (C=O) groups is 4. The predicted molar refractivity (Wildman–Crippen MR) is 117 cm³/mol. The second kappa shape index (κ2) is 10.6. The maximum atomic E-state index is 13.2. The molecule has 1 atom stereocenters. The van der Waals surface area contributed by atoms with Gasteiger partial charge in [-0.25, -0.2) is 4.90 Å². The van der Waals surface area contributed by atoms with E-state index in [9.17, 15) is 19.2 Å². The average Bonchev–Trinajstić information content (AvgIpc) is 3.09. The first-order valence-corrected chi connectivity index (χ1v) is 10.6. The van der Waals surface area contributed by atoms with Crippen molar-refractivity contribution in [3.8, 4) is 5.75 Å². The Morgan fingerprint density at radius 3 is 2.38 bits per heavy atom. The van der Waals surface area contributed by atoms with Crippen LogP contribution in [0, 0.1) is 0 Å². The zero-order chi connectivity index (χ0) is 23.1. The van der Waals surface area contributed by atoms with Gasteiger partial charge in [-0.15, -0.1) is 0 Å². The quantitative estimate of drug-likeness (QED) is 0.572. The van der Waals surface area contributed by atoms with E-state index < -0.39 is 29.7 Å². The normalized spacial score (nSPS) is 15.7. The first kappa shape index (κ1) is 23.0. The molecule has 3 amide bonds. The van der Waals surface area contributed by atoms with Crippen LogP contribution in [0.25, 0.3) is 0 Å². The molecule has 1 N–H and O–H groups in total. The third-order valence-electron chi connectivity index (χ3n) is 5.14. The summed E-state index contributed by atoms with van der Waals surface area (Å²) in [7, 11) is 0. The van der Waals surface area contributed by atoms with Gasteiger partial charge in [-0.1, -0.05) is 37.3 Å². The molecule has 0 spiro atoms. The Balaban J connectivity index is 1.82. The van der Waals surface area contributed by atoms with Crippen LogP contribution in [0.1, 0.15) is 38.2 Å². The summed E-state index contributed by atoms with van der Waals surface area (Å²) in [5.41, 5.74) is 1.19. The van der Waals surface area contributed by atoms with E-state index in [0.717, 1.165) is 16.9 Å². The van der Waals surface area contributed by atoms with Gasteiger partial charge in [0.1, 0.15) is 11.8 Å². The number of carboxylic acids is 1. The van der Waals surface area contributed by atoms with E-state index in [1.165, 1.54) is 4.90 Å². The van der Waals surface area contributed by atoms with Gasteiger partial charge in [0.2, 0.25) is 11.8 Å². The van der Waals surface area contributed by atoms with Crippen LogP contribution in [-0.2, 0) is 25.7 Å². The van der Waals surface area contributed by atoms with Crippen LogP contribution in [0.15, 0.2) is 54.6 Å². The topological polar surface area (TPSA) is 104 Å². The third-order valence-corrected chi connectivity index (χ3v) is 5.14. The molecule has 8 nitrogen and oxygen atoms in total. The van der Waals surface area contributed by atoms with Crippen LogP contribution in [0.4, 0.5) is 5.69 Å². The molecule has 168 valence electrons. The molecule has 0 radical (unpaired) electrons. The van der Waals surface area contributed by atoms with Crippen LogP contribution in [0.2, 0.25) is 0 Å². The molecule has 2 aromatic carbocycles. The van der Waals surface area contributed by atoms with E-state index in [-0.39, 0.29) is 25.8 Å². The van der Waals surface area contributed by atoms with E-state index in [4.69, 9.17) is 9.84 Å². The lowest BCUT2D eigenvalue weighted by Gasteiger charge is -2.28. The highest BCUT2D eigenvalue weighted by atomic mass is 16.5. The Morgan fingerprint density at radius 2 is 1.75 bits per heavy atom. The highest BCUT2D eigenvalue weighted by Gasteiger charge is 2.44. The molecule has 0 saturated carbocycles. The summed E-state index contributed by atoms with van der Waals surface area (Å²) >= 11 is 0. The number of imide groups is 1. The number of anilines is 1. The van der Waals surface area contributed by atoms with Gasteiger partial charge in [0.15, 0.2) is 0 Å². The van der Waals surface area contributed by atoms with Gasteiger partial charge < -0.3 is 14.7 Å². The number of hydrogen-bond donors (Lipinski definition) is 1. The highest BCUT2D eigenvalue weighted by Crippen LogP contribution is 2.28. The molecule has 32 heavy (non-hydrogen) atoms. The number of rotatable bonds is 10. The largest absolute Gasteiger partial charge is 0.494 e. The molecule has 0 aliphatic carbocycles.